The van der Waals surface area contributed by atoms with E-state index in [9.17, 15) is 26.4 Å². The predicted octanol–water partition coefficient (Wildman–Crippen LogP) is 1.73. The van der Waals surface area contributed by atoms with Crippen LogP contribution in [0.3, 0.4) is 0 Å². The Morgan fingerprint density at radius 1 is 1.47 bits per heavy atom. The van der Waals surface area contributed by atoms with Crippen LogP contribution in [-0.4, -0.2) is 31.6 Å². The van der Waals surface area contributed by atoms with Crippen molar-refractivity contribution in [3.8, 4) is 0 Å². The Hall–Kier alpha value is -1.22. The van der Waals surface area contributed by atoms with Crippen molar-refractivity contribution in [2.24, 2.45) is 0 Å². The van der Waals surface area contributed by atoms with Gasteiger partial charge in [-0.2, -0.15) is 13.2 Å². The predicted molar refractivity (Wildman–Crippen MR) is 61.5 cm³/mol. The third-order valence-corrected chi connectivity index (χ3v) is 3.39. The Balaban J connectivity index is 3.26. The summed E-state index contributed by atoms with van der Waals surface area (Å²) < 4.78 is 59.7. The van der Waals surface area contributed by atoms with Crippen LogP contribution in [0.2, 0.25) is 0 Å². The molecule has 0 aromatic carbocycles. The van der Waals surface area contributed by atoms with Gasteiger partial charge in [0.1, 0.15) is 17.1 Å². The summed E-state index contributed by atoms with van der Waals surface area (Å²) in [5.74, 6) is -0.807. The Labute approximate surface area is 111 Å². The van der Waals surface area contributed by atoms with Gasteiger partial charge in [0.25, 0.3) is 15.0 Å². The van der Waals surface area contributed by atoms with Crippen LogP contribution in [0.1, 0.15) is 17.4 Å². The van der Waals surface area contributed by atoms with Crippen molar-refractivity contribution in [3.05, 3.63) is 18.0 Å². The summed E-state index contributed by atoms with van der Waals surface area (Å²) in [7, 11) is 0.838. The van der Waals surface area contributed by atoms with Gasteiger partial charge < -0.3 is 9.88 Å². The highest BCUT2D eigenvalue weighted by Crippen LogP contribution is 2.23. The number of nitrogens with zero attached hydrogens (tertiary/aromatic N) is 1. The third kappa shape index (κ3) is 4.43. The van der Waals surface area contributed by atoms with Gasteiger partial charge in [0.05, 0.1) is 0 Å². The molecule has 1 N–H and O–H groups in total. The van der Waals surface area contributed by atoms with E-state index in [1.54, 1.807) is 6.92 Å². The molecule has 1 amide bonds. The zero-order chi connectivity index (χ0) is 14.8. The summed E-state index contributed by atoms with van der Waals surface area (Å²) >= 11 is 0. The van der Waals surface area contributed by atoms with E-state index >= 15 is 0 Å². The molecule has 0 radical (unpaired) electrons. The normalized spacial score (nSPS) is 12.5. The van der Waals surface area contributed by atoms with E-state index in [0.717, 1.165) is 6.07 Å². The summed E-state index contributed by atoms with van der Waals surface area (Å²) in [5.41, 5.74) is -0.418. The number of amides is 1. The highest BCUT2D eigenvalue weighted by atomic mass is 35.7. The maximum Gasteiger partial charge on any atom is 0.406 e. The highest BCUT2D eigenvalue weighted by Gasteiger charge is 2.31. The summed E-state index contributed by atoms with van der Waals surface area (Å²) in [4.78, 5) is 11.0. The van der Waals surface area contributed by atoms with Crippen molar-refractivity contribution in [2.45, 2.75) is 24.5 Å². The van der Waals surface area contributed by atoms with Crippen LogP contribution in [-0.2, 0) is 15.6 Å². The fraction of sp³-hybridized carbons (Fsp3) is 0.444. The van der Waals surface area contributed by atoms with E-state index in [0.29, 0.717) is 10.8 Å². The molecule has 19 heavy (non-hydrogen) atoms. The minimum absolute atomic E-state index is 0.193. The molecular weight excluding hydrogens is 309 g/mol. The van der Waals surface area contributed by atoms with Crippen LogP contribution in [0.4, 0.5) is 13.2 Å². The number of nitrogens with one attached hydrogen (secondary N) is 1. The topological polar surface area (TPSA) is 68.2 Å². The second-order valence-corrected chi connectivity index (χ2v) is 6.17. The van der Waals surface area contributed by atoms with Gasteiger partial charge in [0.15, 0.2) is 0 Å². The Morgan fingerprint density at radius 3 is 2.47 bits per heavy atom. The first-order valence-corrected chi connectivity index (χ1v) is 7.35. The molecule has 0 aliphatic rings. The number of aromatic nitrogens is 1. The quantitative estimate of drug-likeness (QED) is 0.860. The lowest BCUT2D eigenvalue weighted by molar-refractivity contribution is -0.140. The average Bonchev–Trinajstić information content (AvgIpc) is 2.58. The molecule has 0 saturated carbocycles. The molecule has 0 bridgehead atoms. The Kier molecular flexibility index (Phi) is 4.51. The van der Waals surface area contributed by atoms with Gasteiger partial charge in [0, 0.05) is 23.4 Å². The molecule has 0 spiro atoms. The van der Waals surface area contributed by atoms with Crippen LogP contribution in [0.15, 0.2) is 17.2 Å². The zero-order valence-corrected chi connectivity index (χ0v) is 11.2. The number of hydrogen-bond donors (Lipinski definition) is 1. The smallest absolute Gasteiger partial charge is 0.351 e. The van der Waals surface area contributed by atoms with E-state index in [-0.39, 0.29) is 6.54 Å². The van der Waals surface area contributed by atoms with Crippen LogP contribution < -0.4 is 5.32 Å². The molecule has 108 valence electrons. The fourth-order valence-corrected chi connectivity index (χ4v) is 2.14. The number of hydrogen-bond acceptors (Lipinski definition) is 3. The SMILES string of the molecule is CCNC(=O)c1cc(S(=O)(=O)Cl)cn1CC(F)(F)F. The molecule has 0 unspecified atom stereocenters. The largest absolute Gasteiger partial charge is 0.406 e. The van der Waals surface area contributed by atoms with Crippen LogP contribution in [0.5, 0.6) is 0 Å². The minimum atomic E-state index is -4.59. The summed E-state index contributed by atoms with van der Waals surface area (Å²) in [6.45, 7) is 0.291. The highest BCUT2D eigenvalue weighted by molar-refractivity contribution is 8.13. The maximum atomic E-state index is 12.3. The zero-order valence-electron chi connectivity index (χ0n) is 9.66. The molecule has 0 atom stereocenters. The first-order chi connectivity index (χ1) is 8.54. The second-order valence-electron chi connectivity index (χ2n) is 3.60. The van der Waals surface area contributed by atoms with Gasteiger partial charge in [-0.05, 0) is 13.0 Å². The van der Waals surface area contributed by atoms with Gasteiger partial charge in [0.2, 0.25) is 0 Å². The third-order valence-electron chi connectivity index (χ3n) is 2.07. The number of carbonyl (C=O) groups is 1. The Bertz CT molecular complexity index is 580. The molecule has 0 saturated heterocycles. The van der Waals surface area contributed by atoms with Crippen molar-refractivity contribution < 1.29 is 26.4 Å². The lowest BCUT2D eigenvalue weighted by Gasteiger charge is -2.11. The lowest BCUT2D eigenvalue weighted by atomic mass is 10.4. The molecule has 10 heteroatoms. The van der Waals surface area contributed by atoms with Gasteiger partial charge in [-0.25, -0.2) is 8.42 Å². The van der Waals surface area contributed by atoms with Gasteiger partial charge in [-0.3, -0.25) is 4.79 Å². The van der Waals surface area contributed by atoms with Crippen molar-refractivity contribution >= 4 is 25.6 Å². The van der Waals surface area contributed by atoms with Crippen molar-refractivity contribution in [3.63, 3.8) is 0 Å². The molecular formula is C9H10ClF3N2O3S. The Morgan fingerprint density at radius 2 is 2.05 bits per heavy atom. The minimum Gasteiger partial charge on any atom is -0.351 e. The monoisotopic (exact) mass is 318 g/mol. The number of halogens is 4. The lowest BCUT2D eigenvalue weighted by Crippen LogP contribution is -2.27. The molecule has 0 aliphatic carbocycles. The average molecular weight is 319 g/mol. The summed E-state index contributed by atoms with van der Waals surface area (Å²) in [6.07, 6.45) is -3.91. The second kappa shape index (κ2) is 5.41. The first-order valence-electron chi connectivity index (χ1n) is 5.04. The molecule has 0 aliphatic heterocycles. The molecule has 1 rings (SSSR count). The number of alkyl halides is 3. The molecule has 5 nitrogen and oxygen atoms in total. The van der Waals surface area contributed by atoms with E-state index in [1.165, 1.54) is 0 Å². The van der Waals surface area contributed by atoms with Crippen LogP contribution in [0, 0.1) is 0 Å². The van der Waals surface area contributed by atoms with Crippen molar-refractivity contribution in [1.82, 2.24) is 9.88 Å². The van der Waals surface area contributed by atoms with Gasteiger partial charge in [-0.1, -0.05) is 0 Å². The van der Waals surface area contributed by atoms with Gasteiger partial charge in [-0.15, -0.1) is 0 Å². The standard InChI is InChI=1S/C9H10ClF3N2O3S/c1-2-14-8(16)7-3-6(19(10,17)18)4-15(7)5-9(11,12)13/h3-4H,2,5H2,1H3,(H,14,16). The number of rotatable bonds is 4. The fourth-order valence-electron chi connectivity index (χ4n) is 1.38. The summed E-state index contributed by atoms with van der Waals surface area (Å²) in [5, 5.41) is 2.29. The van der Waals surface area contributed by atoms with E-state index in [2.05, 4.69) is 5.32 Å². The van der Waals surface area contributed by atoms with E-state index < -0.39 is 38.3 Å². The van der Waals surface area contributed by atoms with E-state index in [4.69, 9.17) is 10.7 Å². The van der Waals surface area contributed by atoms with Crippen molar-refractivity contribution in [1.29, 1.82) is 0 Å². The maximum absolute atomic E-state index is 12.3. The van der Waals surface area contributed by atoms with E-state index in [1.807, 2.05) is 0 Å². The molecule has 1 heterocycles. The summed E-state index contributed by atoms with van der Waals surface area (Å²) in [6, 6.07) is 0.805. The van der Waals surface area contributed by atoms with Gasteiger partial charge >= 0.3 is 6.18 Å². The van der Waals surface area contributed by atoms with Crippen LogP contribution in [0.25, 0.3) is 0 Å². The molecule has 1 aromatic heterocycles. The number of carbonyl (C=O) groups excluding carboxylic acids is 1. The first kappa shape index (κ1) is 15.8. The molecule has 0 fully saturated rings. The molecule has 1 aromatic rings. The van der Waals surface area contributed by atoms with Crippen LogP contribution >= 0.6 is 10.7 Å². The van der Waals surface area contributed by atoms with Crippen molar-refractivity contribution in [2.75, 3.05) is 6.54 Å².